The number of ether oxygens (including phenoxy) is 1. The molecule has 0 saturated carbocycles. The van der Waals surface area contributed by atoms with Gasteiger partial charge in [-0.15, -0.1) is 0 Å². The number of carbonyl (C=O) groups is 1. The molecule has 1 N–H and O–H groups in total. The number of hydrazone groups is 1. The summed E-state index contributed by atoms with van der Waals surface area (Å²) >= 11 is 11.9. The number of rotatable bonds is 6. The summed E-state index contributed by atoms with van der Waals surface area (Å²) in [7, 11) is 0. The quantitative estimate of drug-likeness (QED) is 0.599. The van der Waals surface area contributed by atoms with Crippen molar-refractivity contribution >= 4 is 35.3 Å². The molecular weight excluding hydrogens is 347 g/mol. The van der Waals surface area contributed by atoms with E-state index in [-0.39, 0.29) is 12.5 Å². The number of carbonyl (C=O) groups excluding carboxylic acids is 1. The van der Waals surface area contributed by atoms with E-state index in [1.807, 2.05) is 24.3 Å². The summed E-state index contributed by atoms with van der Waals surface area (Å²) in [5.41, 5.74) is 4.22. The Balaban J connectivity index is 1.83. The fourth-order valence-electron chi connectivity index (χ4n) is 1.92. The fraction of sp³-hybridized carbons (Fsp3) is 0.222. The molecule has 0 aliphatic rings. The summed E-state index contributed by atoms with van der Waals surface area (Å²) in [5.74, 6) is 0.726. The van der Waals surface area contributed by atoms with E-state index in [0.29, 0.717) is 27.3 Å². The van der Waals surface area contributed by atoms with Gasteiger partial charge in [0.1, 0.15) is 5.75 Å². The summed E-state index contributed by atoms with van der Waals surface area (Å²) < 4.78 is 5.42. The number of amides is 1. The maximum absolute atomic E-state index is 11.7. The Labute approximate surface area is 151 Å². The lowest BCUT2D eigenvalue weighted by Crippen LogP contribution is -2.24. The van der Waals surface area contributed by atoms with Gasteiger partial charge in [-0.3, -0.25) is 4.79 Å². The van der Waals surface area contributed by atoms with Crippen LogP contribution in [-0.4, -0.2) is 18.7 Å². The van der Waals surface area contributed by atoms with Crippen molar-refractivity contribution < 1.29 is 9.53 Å². The Morgan fingerprint density at radius 1 is 1.21 bits per heavy atom. The molecule has 1 amide bonds. The molecule has 0 radical (unpaired) electrons. The molecule has 2 rings (SSSR count). The summed E-state index contributed by atoms with van der Waals surface area (Å²) in [5, 5.41) is 4.66. The van der Waals surface area contributed by atoms with Crippen LogP contribution < -0.4 is 10.2 Å². The Morgan fingerprint density at radius 3 is 2.58 bits per heavy atom. The van der Waals surface area contributed by atoms with Crippen molar-refractivity contribution in [3.05, 3.63) is 63.6 Å². The first-order chi connectivity index (χ1) is 11.5. The minimum Gasteiger partial charge on any atom is -0.484 e. The Kier molecular flexibility index (Phi) is 6.64. The second-order valence-corrected chi connectivity index (χ2v) is 6.23. The molecule has 0 bridgehead atoms. The van der Waals surface area contributed by atoms with E-state index in [1.165, 1.54) is 11.8 Å². The monoisotopic (exact) mass is 364 g/mol. The standard InChI is InChI=1S/C18H18Cl2N2O2/c1-12(2)13-6-8-15(9-7-13)24-11-17(23)22-21-10-14-4-3-5-16(19)18(14)20/h3-10,12H,11H2,1-2H3,(H,22,23). The van der Waals surface area contributed by atoms with E-state index in [2.05, 4.69) is 24.4 Å². The molecule has 0 heterocycles. The molecule has 0 aromatic heterocycles. The van der Waals surface area contributed by atoms with Crippen LogP contribution in [0.4, 0.5) is 0 Å². The molecule has 24 heavy (non-hydrogen) atoms. The molecule has 0 atom stereocenters. The van der Waals surface area contributed by atoms with Gasteiger partial charge < -0.3 is 4.74 Å². The topological polar surface area (TPSA) is 50.7 Å². The van der Waals surface area contributed by atoms with Crippen molar-refractivity contribution in [2.24, 2.45) is 5.10 Å². The average Bonchev–Trinajstić information content (AvgIpc) is 2.57. The molecule has 2 aromatic carbocycles. The van der Waals surface area contributed by atoms with Crippen molar-refractivity contribution in [1.29, 1.82) is 0 Å². The van der Waals surface area contributed by atoms with Crippen LogP contribution >= 0.6 is 23.2 Å². The molecule has 0 spiro atoms. The first-order valence-electron chi connectivity index (χ1n) is 7.46. The maximum Gasteiger partial charge on any atom is 0.277 e. The summed E-state index contributed by atoms with van der Waals surface area (Å²) in [6.45, 7) is 4.11. The van der Waals surface area contributed by atoms with E-state index in [9.17, 15) is 4.79 Å². The second-order valence-electron chi connectivity index (χ2n) is 5.45. The zero-order valence-electron chi connectivity index (χ0n) is 13.4. The normalized spacial score (nSPS) is 11.0. The van der Waals surface area contributed by atoms with Crippen LogP contribution in [0, 0.1) is 0 Å². The predicted octanol–water partition coefficient (Wildman–Crippen LogP) is 4.65. The van der Waals surface area contributed by atoms with E-state index >= 15 is 0 Å². The van der Waals surface area contributed by atoms with Crippen molar-refractivity contribution in [1.82, 2.24) is 5.43 Å². The number of hydrogen-bond acceptors (Lipinski definition) is 3. The molecule has 126 valence electrons. The highest BCUT2D eigenvalue weighted by Gasteiger charge is 2.04. The summed E-state index contributed by atoms with van der Waals surface area (Å²) in [6.07, 6.45) is 1.43. The van der Waals surface area contributed by atoms with Gasteiger partial charge in [0.25, 0.3) is 5.91 Å². The summed E-state index contributed by atoms with van der Waals surface area (Å²) in [4.78, 5) is 11.7. The molecular formula is C18H18Cl2N2O2. The van der Waals surface area contributed by atoms with Gasteiger partial charge in [0.05, 0.1) is 16.3 Å². The molecule has 2 aromatic rings. The smallest absolute Gasteiger partial charge is 0.277 e. The minimum atomic E-state index is -0.364. The van der Waals surface area contributed by atoms with Crippen molar-refractivity contribution in [3.63, 3.8) is 0 Å². The highest BCUT2D eigenvalue weighted by molar-refractivity contribution is 6.43. The van der Waals surface area contributed by atoms with Crippen molar-refractivity contribution in [2.45, 2.75) is 19.8 Å². The zero-order chi connectivity index (χ0) is 17.5. The van der Waals surface area contributed by atoms with Gasteiger partial charge in [0.2, 0.25) is 0 Å². The van der Waals surface area contributed by atoms with Gasteiger partial charge in [-0.25, -0.2) is 5.43 Å². The van der Waals surface area contributed by atoms with Crippen LogP contribution in [0.2, 0.25) is 10.0 Å². The summed E-state index contributed by atoms with van der Waals surface area (Å²) in [6, 6.07) is 12.8. The molecule has 0 saturated heterocycles. The molecule has 0 aliphatic carbocycles. The van der Waals surface area contributed by atoms with Gasteiger partial charge in [-0.05, 0) is 29.7 Å². The van der Waals surface area contributed by atoms with Crippen LogP contribution in [-0.2, 0) is 4.79 Å². The van der Waals surface area contributed by atoms with Gasteiger partial charge >= 0.3 is 0 Å². The second kappa shape index (κ2) is 8.71. The van der Waals surface area contributed by atoms with E-state index < -0.39 is 0 Å². The first-order valence-corrected chi connectivity index (χ1v) is 8.21. The van der Waals surface area contributed by atoms with Gasteiger partial charge in [0.15, 0.2) is 6.61 Å². The zero-order valence-corrected chi connectivity index (χ0v) is 14.9. The average molecular weight is 365 g/mol. The highest BCUT2D eigenvalue weighted by Crippen LogP contribution is 2.24. The molecule has 0 aliphatic heterocycles. The van der Waals surface area contributed by atoms with Crippen LogP contribution in [0.3, 0.4) is 0 Å². The van der Waals surface area contributed by atoms with Crippen LogP contribution in [0.5, 0.6) is 5.75 Å². The highest BCUT2D eigenvalue weighted by atomic mass is 35.5. The minimum absolute atomic E-state index is 0.123. The Morgan fingerprint density at radius 2 is 1.92 bits per heavy atom. The van der Waals surface area contributed by atoms with Gasteiger partial charge in [-0.1, -0.05) is 61.3 Å². The maximum atomic E-state index is 11.7. The number of hydrogen-bond donors (Lipinski definition) is 1. The van der Waals surface area contributed by atoms with Crippen LogP contribution in [0.25, 0.3) is 0 Å². The molecule has 0 unspecified atom stereocenters. The third kappa shape index (κ3) is 5.25. The van der Waals surface area contributed by atoms with E-state index in [0.717, 1.165) is 0 Å². The molecule has 0 fully saturated rings. The SMILES string of the molecule is CC(C)c1ccc(OCC(=O)NN=Cc2cccc(Cl)c2Cl)cc1. The molecule has 6 heteroatoms. The van der Waals surface area contributed by atoms with E-state index in [1.54, 1.807) is 18.2 Å². The molecule has 4 nitrogen and oxygen atoms in total. The Bertz CT molecular complexity index is 728. The lowest BCUT2D eigenvalue weighted by Gasteiger charge is -2.08. The first kappa shape index (κ1) is 18.3. The van der Waals surface area contributed by atoms with Crippen LogP contribution in [0.1, 0.15) is 30.9 Å². The van der Waals surface area contributed by atoms with Crippen molar-refractivity contribution in [2.75, 3.05) is 6.61 Å². The third-order valence-electron chi connectivity index (χ3n) is 3.29. The third-order valence-corrected chi connectivity index (χ3v) is 4.12. The number of benzene rings is 2. The van der Waals surface area contributed by atoms with Crippen molar-refractivity contribution in [3.8, 4) is 5.75 Å². The van der Waals surface area contributed by atoms with Gasteiger partial charge in [-0.2, -0.15) is 5.10 Å². The number of halogens is 2. The van der Waals surface area contributed by atoms with Crippen LogP contribution in [0.15, 0.2) is 47.6 Å². The van der Waals surface area contributed by atoms with E-state index in [4.69, 9.17) is 27.9 Å². The lowest BCUT2D eigenvalue weighted by molar-refractivity contribution is -0.123. The Hall–Kier alpha value is -2.04. The predicted molar refractivity (Wildman–Crippen MR) is 98.2 cm³/mol. The van der Waals surface area contributed by atoms with Gasteiger partial charge in [0, 0.05) is 5.56 Å². The lowest BCUT2D eigenvalue weighted by atomic mass is 10.0. The fourth-order valence-corrected chi connectivity index (χ4v) is 2.28. The number of nitrogens with zero attached hydrogens (tertiary/aromatic N) is 1. The largest absolute Gasteiger partial charge is 0.484 e. The number of nitrogens with one attached hydrogen (secondary N) is 1.